The van der Waals surface area contributed by atoms with Crippen molar-refractivity contribution in [3.8, 4) is 17.4 Å². The lowest BCUT2D eigenvalue weighted by Gasteiger charge is -2.10. The van der Waals surface area contributed by atoms with Gasteiger partial charge < -0.3 is 15.2 Å². The summed E-state index contributed by atoms with van der Waals surface area (Å²) in [5.74, 6) is 1.95. The minimum absolute atomic E-state index is 0.0512. The quantitative estimate of drug-likeness (QED) is 0.933. The fraction of sp³-hybridized carbons (Fsp3) is 0.214. The molecule has 1 atom stereocenters. The monoisotopic (exact) mass is 322 g/mol. The minimum atomic E-state index is -0.0512. The summed E-state index contributed by atoms with van der Waals surface area (Å²) in [5.41, 5.74) is 6.82. The summed E-state index contributed by atoms with van der Waals surface area (Å²) in [7, 11) is 1.62. The van der Waals surface area contributed by atoms with Gasteiger partial charge in [0.15, 0.2) is 0 Å². The van der Waals surface area contributed by atoms with Crippen molar-refractivity contribution in [3.63, 3.8) is 0 Å². The molecule has 1 aromatic heterocycles. The van der Waals surface area contributed by atoms with Crippen LogP contribution in [0.15, 0.2) is 41.0 Å². The predicted octanol–water partition coefficient (Wildman–Crippen LogP) is 3.66. The third kappa shape index (κ3) is 3.45. The van der Waals surface area contributed by atoms with E-state index in [0.717, 1.165) is 15.8 Å². The first-order valence-electron chi connectivity index (χ1n) is 5.83. The van der Waals surface area contributed by atoms with Gasteiger partial charge in [-0.05, 0) is 52.7 Å². The predicted molar refractivity (Wildman–Crippen MR) is 77.6 cm³/mol. The molecule has 2 rings (SSSR count). The van der Waals surface area contributed by atoms with Crippen LogP contribution in [0.1, 0.15) is 18.5 Å². The molecule has 1 aromatic carbocycles. The van der Waals surface area contributed by atoms with Crippen LogP contribution in [-0.2, 0) is 0 Å². The van der Waals surface area contributed by atoms with Crippen molar-refractivity contribution in [2.24, 2.45) is 5.73 Å². The van der Waals surface area contributed by atoms with Crippen LogP contribution >= 0.6 is 15.9 Å². The molecular formula is C14H15BrN2O2. The standard InChI is InChI=1S/C14H15BrN2O2/c1-9(16)10-5-6-17-14(7-10)19-13-4-3-11(18-2)8-12(13)15/h3-9H,16H2,1-2H3/t9-/m1/s1. The van der Waals surface area contributed by atoms with Crippen LogP contribution in [0.25, 0.3) is 0 Å². The average Bonchev–Trinajstić information content (AvgIpc) is 2.41. The number of aromatic nitrogens is 1. The summed E-state index contributed by atoms with van der Waals surface area (Å²) in [6, 6.07) is 9.15. The van der Waals surface area contributed by atoms with Gasteiger partial charge in [0.25, 0.3) is 0 Å². The van der Waals surface area contributed by atoms with Crippen molar-refractivity contribution in [2.75, 3.05) is 7.11 Å². The second-order valence-electron chi connectivity index (χ2n) is 4.11. The lowest BCUT2D eigenvalue weighted by molar-refractivity contribution is 0.411. The highest BCUT2D eigenvalue weighted by molar-refractivity contribution is 9.10. The number of benzene rings is 1. The van der Waals surface area contributed by atoms with E-state index in [1.165, 1.54) is 0 Å². The van der Waals surface area contributed by atoms with Gasteiger partial charge in [0.1, 0.15) is 11.5 Å². The van der Waals surface area contributed by atoms with E-state index in [9.17, 15) is 0 Å². The molecule has 0 unspecified atom stereocenters. The number of hydrogen-bond acceptors (Lipinski definition) is 4. The normalized spacial score (nSPS) is 12.0. The van der Waals surface area contributed by atoms with E-state index in [4.69, 9.17) is 15.2 Å². The lowest BCUT2D eigenvalue weighted by Crippen LogP contribution is -2.05. The molecular weight excluding hydrogens is 308 g/mol. The molecule has 2 aromatic rings. The second-order valence-corrected chi connectivity index (χ2v) is 4.97. The molecule has 0 bridgehead atoms. The highest BCUT2D eigenvalue weighted by Crippen LogP contribution is 2.32. The summed E-state index contributed by atoms with van der Waals surface area (Å²) in [6.45, 7) is 1.92. The van der Waals surface area contributed by atoms with Crippen molar-refractivity contribution in [1.29, 1.82) is 0 Å². The third-order valence-corrected chi connectivity index (χ3v) is 3.26. The Morgan fingerprint density at radius 1 is 1.26 bits per heavy atom. The number of hydrogen-bond donors (Lipinski definition) is 1. The Morgan fingerprint density at radius 2 is 2.05 bits per heavy atom. The molecule has 0 radical (unpaired) electrons. The largest absolute Gasteiger partial charge is 0.497 e. The van der Waals surface area contributed by atoms with E-state index in [0.29, 0.717) is 11.6 Å². The molecule has 100 valence electrons. The summed E-state index contributed by atoms with van der Waals surface area (Å²) < 4.78 is 11.7. The number of methoxy groups -OCH3 is 1. The molecule has 0 aliphatic rings. The van der Waals surface area contributed by atoms with E-state index in [1.807, 2.05) is 37.3 Å². The molecule has 5 heteroatoms. The fourth-order valence-electron chi connectivity index (χ4n) is 1.57. The average molecular weight is 323 g/mol. The van der Waals surface area contributed by atoms with Gasteiger partial charge in [-0.1, -0.05) is 0 Å². The number of pyridine rings is 1. The van der Waals surface area contributed by atoms with Crippen LogP contribution in [0.3, 0.4) is 0 Å². The van der Waals surface area contributed by atoms with Crippen LogP contribution < -0.4 is 15.2 Å². The molecule has 0 amide bonds. The van der Waals surface area contributed by atoms with Crippen LogP contribution in [0.2, 0.25) is 0 Å². The van der Waals surface area contributed by atoms with E-state index in [2.05, 4.69) is 20.9 Å². The van der Waals surface area contributed by atoms with Crippen LogP contribution in [-0.4, -0.2) is 12.1 Å². The maximum Gasteiger partial charge on any atom is 0.219 e. The minimum Gasteiger partial charge on any atom is -0.497 e. The second kappa shape index (κ2) is 6.04. The molecule has 2 N–H and O–H groups in total. The number of halogens is 1. The van der Waals surface area contributed by atoms with Crippen molar-refractivity contribution >= 4 is 15.9 Å². The van der Waals surface area contributed by atoms with Gasteiger partial charge in [-0.2, -0.15) is 0 Å². The van der Waals surface area contributed by atoms with E-state index >= 15 is 0 Å². The van der Waals surface area contributed by atoms with Gasteiger partial charge in [-0.25, -0.2) is 4.98 Å². The Kier molecular flexibility index (Phi) is 4.39. The first-order chi connectivity index (χ1) is 9.10. The van der Waals surface area contributed by atoms with E-state index in [-0.39, 0.29) is 6.04 Å². The lowest BCUT2D eigenvalue weighted by atomic mass is 10.1. The summed E-state index contributed by atoms with van der Waals surface area (Å²) in [6.07, 6.45) is 1.69. The first kappa shape index (κ1) is 13.8. The van der Waals surface area contributed by atoms with Gasteiger partial charge in [-0.3, -0.25) is 0 Å². The highest BCUT2D eigenvalue weighted by atomic mass is 79.9. The van der Waals surface area contributed by atoms with Gasteiger partial charge in [-0.15, -0.1) is 0 Å². The van der Waals surface area contributed by atoms with Crippen molar-refractivity contribution < 1.29 is 9.47 Å². The molecule has 1 heterocycles. The Balaban J connectivity index is 2.23. The number of nitrogens with two attached hydrogens (primary N) is 1. The molecule has 0 fully saturated rings. The Hall–Kier alpha value is -1.59. The van der Waals surface area contributed by atoms with Crippen LogP contribution in [0.4, 0.5) is 0 Å². The topological polar surface area (TPSA) is 57.4 Å². The van der Waals surface area contributed by atoms with Gasteiger partial charge in [0, 0.05) is 18.3 Å². The van der Waals surface area contributed by atoms with E-state index in [1.54, 1.807) is 13.3 Å². The Morgan fingerprint density at radius 3 is 2.68 bits per heavy atom. The molecule has 0 saturated heterocycles. The zero-order valence-corrected chi connectivity index (χ0v) is 12.3. The van der Waals surface area contributed by atoms with Gasteiger partial charge in [0.2, 0.25) is 5.88 Å². The molecule has 0 aliphatic carbocycles. The van der Waals surface area contributed by atoms with Gasteiger partial charge >= 0.3 is 0 Å². The van der Waals surface area contributed by atoms with E-state index < -0.39 is 0 Å². The molecule has 0 spiro atoms. The fourth-order valence-corrected chi connectivity index (χ4v) is 2.01. The maximum atomic E-state index is 5.83. The zero-order chi connectivity index (χ0) is 13.8. The van der Waals surface area contributed by atoms with Crippen LogP contribution in [0.5, 0.6) is 17.4 Å². The molecule has 19 heavy (non-hydrogen) atoms. The summed E-state index contributed by atoms with van der Waals surface area (Å²) >= 11 is 3.44. The van der Waals surface area contributed by atoms with Crippen LogP contribution in [0, 0.1) is 0 Å². The Bertz CT molecular complexity index is 573. The number of nitrogens with zero attached hydrogens (tertiary/aromatic N) is 1. The van der Waals surface area contributed by atoms with Crippen molar-refractivity contribution in [2.45, 2.75) is 13.0 Å². The first-order valence-corrected chi connectivity index (χ1v) is 6.62. The Labute approximate surface area is 120 Å². The third-order valence-electron chi connectivity index (χ3n) is 2.64. The van der Waals surface area contributed by atoms with Crippen molar-refractivity contribution in [1.82, 2.24) is 4.98 Å². The van der Waals surface area contributed by atoms with Crippen molar-refractivity contribution in [3.05, 3.63) is 46.6 Å². The molecule has 0 saturated carbocycles. The zero-order valence-electron chi connectivity index (χ0n) is 10.8. The smallest absolute Gasteiger partial charge is 0.219 e. The van der Waals surface area contributed by atoms with Gasteiger partial charge in [0.05, 0.1) is 11.6 Å². The SMILES string of the molecule is COc1ccc(Oc2cc([C@@H](C)N)ccn2)c(Br)c1. The highest BCUT2D eigenvalue weighted by Gasteiger charge is 2.07. The molecule has 4 nitrogen and oxygen atoms in total. The summed E-state index contributed by atoms with van der Waals surface area (Å²) in [4.78, 5) is 4.17. The summed E-state index contributed by atoms with van der Waals surface area (Å²) in [5, 5.41) is 0. The number of ether oxygens (including phenoxy) is 2. The number of rotatable bonds is 4. The maximum absolute atomic E-state index is 5.83. The molecule has 0 aliphatic heterocycles.